The highest BCUT2D eigenvalue weighted by Gasteiger charge is 2.28. The lowest BCUT2D eigenvalue weighted by Gasteiger charge is -2.35. The average molecular weight is 596 g/mol. The summed E-state index contributed by atoms with van der Waals surface area (Å²) in [4.78, 5) is 30.2. The molecule has 3 rings (SSSR count). The van der Waals surface area contributed by atoms with Gasteiger partial charge in [-0.1, -0.05) is 58.5 Å². The highest BCUT2D eigenvalue weighted by Crippen LogP contribution is 2.27. The number of rotatable bonds is 10. The number of hydrogen-bond acceptors (Lipinski definition) is 4. The molecule has 2 amide bonds. The van der Waals surface area contributed by atoms with Crippen LogP contribution >= 0.6 is 31.9 Å². The van der Waals surface area contributed by atoms with Gasteiger partial charge in [0.2, 0.25) is 0 Å². The Kier molecular flexibility index (Phi) is 10.3. The Morgan fingerprint density at radius 2 is 1.12 bits per heavy atom. The summed E-state index contributed by atoms with van der Waals surface area (Å²) in [6, 6.07) is 11.0. The predicted octanol–water partition coefficient (Wildman–Crippen LogP) is 6.17. The van der Waals surface area contributed by atoms with Gasteiger partial charge in [0, 0.05) is 35.1 Å². The molecule has 0 aliphatic carbocycles. The van der Waals surface area contributed by atoms with Crippen molar-refractivity contribution in [3.63, 3.8) is 0 Å². The van der Waals surface area contributed by atoms with Crippen molar-refractivity contribution in [2.45, 2.75) is 39.5 Å². The number of amides is 2. The van der Waals surface area contributed by atoms with Gasteiger partial charge in [-0.05, 0) is 49.2 Å². The molecule has 0 spiro atoms. The molecule has 1 aliphatic rings. The Bertz CT molecular complexity index is 911. The summed E-state index contributed by atoms with van der Waals surface area (Å²) < 4.78 is 13.4. The van der Waals surface area contributed by atoms with E-state index in [9.17, 15) is 9.59 Å². The van der Waals surface area contributed by atoms with E-state index in [-0.39, 0.29) is 11.8 Å². The summed E-state index contributed by atoms with van der Waals surface area (Å²) in [5.74, 6) is 1.04. The van der Waals surface area contributed by atoms with Crippen LogP contribution in [0.4, 0.5) is 0 Å². The van der Waals surface area contributed by atoms with Crippen molar-refractivity contribution in [2.75, 3.05) is 39.4 Å². The highest BCUT2D eigenvalue weighted by molar-refractivity contribution is 9.10. The standard InChI is InChI=1S/C26H32Br2N2O4/c1-3-5-15-33-23-9-7-19(27)17-21(23)25(31)29-11-13-30(14-12-29)26(32)22-18-20(28)8-10-24(22)34-16-6-4-2/h7-10,17-18H,3-6,11-16H2,1-2H3. The number of piperazine rings is 1. The summed E-state index contributed by atoms with van der Waals surface area (Å²) in [6.45, 7) is 7.22. The van der Waals surface area contributed by atoms with Gasteiger partial charge in [-0.15, -0.1) is 0 Å². The van der Waals surface area contributed by atoms with E-state index in [0.29, 0.717) is 62.0 Å². The zero-order chi connectivity index (χ0) is 24.5. The molecule has 0 unspecified atom stereocenters. The van der Waals surface area contributed by atoms with Crippen LogP contribution in [0.2, 0.25) is 0 Å². The third kappa shape index (κ3) is 6.98. The quantitative estimate of drug-likeness (QED) is 0.308. The zero-order valence-corrected chi connectivity index (χ0v) is 23.0. The van der Waals surface area contributed by atoms with Crippen LogP contribution in [0.25, 0.3) is 0 Å². The molecule has 184 valence electrons. The number of hydrogen-bond donors (Lipinski definition) is 0. The molecule has 34 heavy (non-hydrogen) atoms. The molecule has 0 saturated carbocycles. The topological polar surface area (TPSA) is 59.1 Å². The van der Waals surface area contributed by atoms with Crippen LogP contribution in [0.1, 0.15) is 60.2 Å². The molecule has 1 aliphatic heterocycles. The molecule has 0 bridgehead atoms. The van der Waals surface area contributed by atoms with Gasteiger partial charge in [-0.3, -0.25) is 9.59 Å². The van der Waals surface area contributed by atoms with Crippen molar-refractivity contribution in [3.8, 4) is 11.5 Å². The minimum Gasteiger partial charge on any atom is -0.493 e. The third-order valence-electron chi connectivity index (χ3n) is 5.71. The van der Waals surface area contributed by atoms with E-state index in [2.05, 4.69) is 45.7 Å². The van der Waals surface area contributed by atoms with Crippen molar-refractivity contribution < 1.29 is 19.1 Å². The second-order valence-corrected chi connectivity index (χ2v) is 10.1. The second-order valence-electron chi connectivity index (χ2n) is 8.27. The smallest absolute Gasteiger partial charge is 0.257 e. The molecule has 6 nitrogen and oxygen atoms in total. The maximum Gasteiger partial charge on any atom is 0.257 e. The molecule has 8 heteroatoms. The Balaban J connectivity index is 1.67. The summed E-state index contributed by atoms with van der Waals surface area (Å²) in [7, 11) is 0. The number of nitrogens with zero attached hydrogens (tertiary/aromatic N) is 2. The maximum absolute atomic E-state index is 13.3. The average Bonchev–Trinajstić information content (AvgIpc) is 2.85. The monoisotopic (exact) mass is 594 g/mol. The second kappa shape index (κ2) is 13.1. The molecule has 2 aromatic carbocycles. The van der Waals surface area contributed by atoms with Gasteiger partial charge in [-0.2, -0.15) is 0 Å². The molecule has 0 aromatic heterocycles. The van der Waals surface area contributed by atoms with Crippen molar-refractivity contribution >= 4 is 43.7 Å². The summed E-state index contributed by atoms with van der Waals surface area (Å²) >= 11 is 6.93. The number of halogens is 2. The Morgan fingerprint density at radius 3 is 1.47 bits per heavy atom. The van der Waals surface area contributed by atoms with Gasteiger partial charge in [0.25, 0.3) is 11.8 Å². The molecule has 0 atom stereocenters. The fourth-order valence-corrected chi connectivity index (χ4v) is 4.42. The number of ether oxygens (including phenoxy) is 2. The summed E-state index contributed by atoms with van der Waals surface area (Å²) in [5, 5.41) is 0. The Morgan fingerprint density at radius 1 is 0.735 bits per heavy atom. The van der Waals surface area contributed by atoms with E-state index in [1.54, 1.807) is 9.80 Å². The SMILES string of the molecule is CCCCOc1ccc(Br)cc1C(=O)N1CCN(C(=O)c2cc(Br)ccc2OCCCC)CC1. The lowest BCUT2D eigenvalue weighted by Crippen LogP contribution is -2.50. The van der Waals surface area contributed by atoms with Gasteiger partial charge in [-0.25, -0.2) is 0 Å². The number of carbonyl (C=O) groups is 2. The van der Waals surface area contributed by atoms with Crippen LogP contribution in [-0.2, 0) is 0 Å². The first-order valence-electron chi connectivity index (χ1n) is 11.9. The van der Waals surface area contributed by atoms with Crippen molar-refractivity contribution in [1.82, 2.24) is 9.80 Å². The lowest BCUT2D eigenvalue weighted by molar-refractivity contribution is 0.0530. The number of benzene rings is 2. The fraction of sp³-hybridized carbons (Fsp3) is 0.462. The van der Waals surface area contributed by atoms with Crippen LogP contribution in [0.5, 0.6) is 11.5 Å². The molecule has 0 N–H and O–H groups in total. The third-order valence-corrected chi connectivity index (χ3v) is 6.70. The number of carbonyl (C=O) groups excluding carboxylic acids is 2. The highest BCUT2D eigenvalue weighted by atomic mass is 79.9. The largest absolute Gasteiger partial charge is 0.493 e. The minimum absolute atomic E-state index is 0.0778. The Labute approximate surface area is 218 Å². The van der Waals surface area contributed by atoms with Crippen LogP contribution in [0.3, 0.4) is 0 Å². The van der Waals surface area contributed by atoms with Crippen molar-refractivity contribution in [2.24, 2.45) is 0 Å². The first kappa shape index (κ1) is 26.5. The summed E-state index contributed by atoms with van der Waals surface area (Å²) in [6.07, 6.45) is 3.92. The van der Waals surface area contributed by atoms with Gasteiger partial charge >= 0.3 is 0 Å². The fourth-order valence-electron chi connectivity index (χ4n) is 3.70. The first-order valence-corrected chi connectivity index (χ1v) is 13.5. The molecule has 0 radical (unpaired) electrons. The molecular formula is C26H32Br2N2O4. The molecule has 1 saturated heterocycles. The predicted molar refractivity (Wildman–Crippen MR) is 141 cm³/mol. The van der Waals surface area contributed by atoms with E-state index < -0.39 is 0 Å². The molecule has 2 aromatic rings. The first-order chi connectivity index (χ1) is 16.4. The molecule has 1 fully saturated rings. The minimum atomic E-state index is -0.0778. The molecule has 1 heterocycles. The van der Waals surface area contributed by atoms with E-state index in [1.165, 1.54) is 0 Å². The zero-order valence-electron chi connectivity index (χ0n) is 19.8. The maximum atomic E-state index is 13.3. The lowest BCUT2D eigenvalue weighted by atomic mass is 10.1. The van der Waals surface area contributed by atoms with Gasteiger partial charge in [0.1, 0.15) is 11.5 Å². The number of unbranched alkanes of at least 4 members (excludes halogenated alkanes) is 2. The van der Waals surface area contributed by atoms with E-state index in [4.69, 9.17) is 9.47 Å². The van der Waals surface area contributed by atoms with E-state index in [1.807, 2.05) is 36.4 Å². The van der Waals surface area contributed by atoms with Crippen LogP contribution in [0, 0.1) is 0 Å². The normalized spacial score (nSPS) is 13.6. The van der Waals surface area contributed by atoms with Crippen LogP contribution in [-0.4, -0.2) is 61.0 Å². The van der Waals surface area contributed by atoms with Gasteiger partial charge in [0.15, 0.2) is 0 Å². The van der Waals surface area contributed by atoms with E-state index >= 15 is 0 Å². The van der Waals surface area contributed by atoms with Crippen molar-refractivity contribution in [1.29, 1.82) is 0 Å². The molecular weight excluding hydrogens is 564 g/mol. The van der Waals surface area contributed by atoms with E-state index in [0.717, 1.165) is 34.6 Å². The van der Waals surface area contributed by atoms with Crippen molar-refractivity contribution in [3.05, 3.63) is 56.5 Å². The van der Waals surface area contributed by atoms with Gasteiger partial charge < -0.3 is 19.3 Å². The summed E-state index contributed by atoms with van der Waals surface area (Å²) in [5.41, 5.74) is 1.09. The van der Waals surface area contributed by atoms with Gasteiger partial charge in [0.05, 0.1) is 24.3 Å². The van der Waals surface area contributed by atoms with Crippen LogP contribution < -0.4 is 9.47 Å². The Hall–Kier alpha value is -2.06. The van der Waals surface area contributed by atoms with Crippen LogP contribution in [0.15, 0.2) is 45.3 Å².